The molecule has 0 heterocycles. The molecule has 1 amide bonds. The minimum absolute atomic E-state index is 0.111. The van der Waals surface area contributed by atoms with Crippen molar-refractivity contribution in [1.82, 2.24) is 9.62 Å². The van der Waals surface area contributed by atoms with Crippen LogP contribution in [0.2, 0.25) is 0 Å². The lowest BCUT2D eigenvalue weighted by Gasteiger charge is -2.27. The molecule has 1 aromatic carbocycles. The molecule has 0 unspecified atom stereocenters. The van der Waals surface area contributed by atoms with Gasteiger partial charge in [-0.3, -0.25) is 4.79 Å². The van der Waals surface area contributed by atoms with Crippen LogP contribution in [0.25, 0.3) is 0 Å². The summed E-state index contributed by atoms with van der Waals surface area (Å²) in [6.45, 7) is 0. The summed E-state index contributed by atoms with van der Waals surface area (Å²) in [7, 11) is -0.352. The first-order chi connectivity index (χ1) is 10.5. The van der Waals surface area contributed by atoms with E-state index in [4.69, 9.17) is 0 Å². The van der Waals surface area contributed by atoms with Gasteiger partial charge in [0.25, 0.3) is 5.91 Å². The zero-order chi connectivity index (χ0) is 16.2. The number of carbonyl (C=O) groups is 1. The molecule has 0 atom stereocenters. The van der Waals surface area contributed by atoms with E-state index in [2.05, 4.69) is 4.72 Å². The Balaban J connectivity index is 2.20. The molecular formula is C16H24N2O3S. The van der Waals surface area contributed by atoms with Crippen molar-refractivity contribution in [3.8, 4) is 0 Å². The van der Waals surface area contributed by atoms with Gasteiger partial charge in [-0.05, 0) is 38.1 Å². The smallest absolute Gasteiger partial charge is 0.253 e. The third-order valence-corrected chi connectivity index (χ3v) is 5.76. The second-order valence-corrected chi connectivity index (χ2v) is 7.68. The summed E-state index contributed by atoms with van der Waals surface area (Å²) < 4.78 is 26.0. The van der Waals surface area contributed by atoms with Crippen LogP contribution in [0.5, 0.6) is 0 Å². The van der Waals surface area contributed by atoms with Gasteiger partial charge in [0.1, 0.15) is 0 Å². The molecule has 1 fully saturated rings. The summed E-state index contributed by atoms with van der Waals surface area (Å²) in [4.78, 5) is 14.5. The van der Waals surface area contributed by atoms with E-state index in [0.717, 1.165) is 25.7 Å². The summed E-state index contributed by atoms with van der Waals surface area (Å²) in [6.07, 6.45) is 6.81. The average molecular weight is 324 g/mol. The van der Waals surface area contributed by atoms with Gasteiger partial charge in [-0.25, -0.2) is 13.1 Å². The monoisotopic (exact) mass is 324 g/mol. The molecule has 0 spiro atoms. The van der Waals surface area contributed by atoms with E-state index in [0.29, 0.717) is 5.56 Å². The first-order valence-electron chi connectivity index (χ1n) is 7.76. The topological polar surface area (TPSA) is 66.5 Å². The highest BCUT2D eigenvalue weighted by Crippen LogP contribution is 2.23. The van der Waals surface area contributed by atoms with Gasteiger partial charge in [-0.1, -0.05) is 31.7 Å². The van der Waals surface area contributed by atoms with Crippen molar-refractivity contribution in [1.29, 1.82) is 0 Å². The molecule has 2 rings (SSSR count). The molecule has 0 aliphatic heterocycles. The number of amides is 1. The van der Waals surface area contributed by atoms with Crippen LogP contribution in [0.3, 0.4) is 0 Å². The van der Waals surface area contributed by atoms with Gasteiger partial charge < -0.3 is 4.90 Å². The maximum absolute atomic E-state index is 12.6. The van der Waals surface area contributed by atoms with Gasteiger partial charge in [-0.15, -0.1) is 0 Å². The number of nitrogens with one attached hydrogen (secondary N) is 1. The predicted octanol–water partition coefficient (Wildman–Crippen LogP) is 2.39. The van der Waals surface area contributed by atoms with Crippen LogP contribution in [0.4, 0.5) is 0 Å². The van der Waals surface area contributed by atoms with Crippen molar-refractivity contribution in [3.63, 3.8) is 0 Å². The zero-order valence-electron chi connectivity index (χ0n) is 13.2. The van der Waals surface area contributed by atoms with Gasteiger partial charge in [-0.2, -0.15) is 0 Å². The van der Waals surface area contributed by atoms with E-state index in [-0.39, 0.29) is 16.8 Å². The van der Waals surface area contributed by atoms with Gasteiger partial charge in [0.15, 0.2) is 0 Å². The second-order valence-electron chi connectivity index (χ2n) is 5.80. The van der Waals surface area contributed by atoms with E-state index in [1.165, 1.54) is 32.0 Å². The van der Waals surface area contributed by atoms with E-state index >= 15 is 0 Å². The van der Waals surface area contributed by atoms with Crippen LogP contribution in [0, 0.1) is 0 Å². The van der Waals surface area contributed by atoms with Crippen LogP contribution < -0.4 is 4.72 Å². The quantitative estimate of drug-likeness (QED) is 0.865. The Morgan fingerprint density at radius 1 is 1.18 bits per heavy atom. The van der Waals surface area contributed by atoms with E-state index < -0.39 is 10.0 Å². The lowest BCUT2D eigenvalue weighted by Crippen LogP contribution is -2.36. The highest BCUT2D eigenvalue weighted by molar-refractivity contribution is 7.89. The van der Waals surface area contributed by atoms with Crippen LogP contribution in [0.1, 0.15) is 48.9 Å². The van der Waals surface area contributed by atoms with E-state index in [1.54, 1.807) is 17.0 Å². The number of benzene rings is 1. The lowest BCUT2D eigenvalue weighted by atomic mass is 10.1. The minimum Gasteiger partial charge on any atom is -0.339 e. The molecule has 0 saturated heterocycles. The van der Waals surface area contributed by atoms with Crippen LogP contribution in [-0.2, 0) is 10.0 Å². The number of hydrogen-bond acceptors (Lipinski definition) is 3. The Labute approximate surface area is 132 Å². The Bertz CT molecular complexity index is 620. The first kappa shape index (κ1) is 17.0. The third kappa shape index (κ3) is 3.87. The SMILES string of the molecule is CNS(=O)(=O)c1cccc(C(=O)N(C)C2CCCCCC2)c1. The number of nitrogens with zero attached hydrogens (tertiary/aromatic N) is 1. The Kier molecular flexibility index (Phi) is 5.58. The van der Waals surface area contributed by atoms with Crippen molar-refractivity contribution in [3.05, 3.63) is 29.8 Å². The molecule has 1 aromatic rings. The molecule has 5 nitrogen and oxygen atoms in total. The molecular weight excluding hydrogens is 300 g/mol. The van der Waals surface area contributed by atoms with Crippen LogP contribution >= 0.6 is 0 Å². The fourth-order valence-corrected chi connectivity index (χ4v) is 3.70. The number of carbonyl (C=O) groups excluding carboxylic acids is 1. The fourth-order valence-electron chi connectivity index (χ4n) is 2.93. The maximum atomic E-state index is 12.6. The largest absolute Gasteiger partial charge is 0.339 e. The Hall–Kier alpha value is -1.40. The summed E-state index contributed by atoms with van der Waals surface area (Å²) in [6, 6.07) is 6.47. The number of sulfonamides is 1. The molecule has 1 saturated carbocycles. The molecule has 122 valence electrons. The third-order valence-electron chi connectivity index (χ3n) is 4.35. The van der Waals surface area contributed by atoms with E-state index in [1.807, 2.05) is 7.05 Å². The Morgan fingerprint density at radius 2 is 1.82 bits per heavy atom. The van der Waals surface area contributed by atoms with Crippen molar-refractivity contribution in [2.75, 3.05) is 14.1 Å². The van der Waals surface area contributed by atoms with Gasteiger partial charge in [0.05, 0.1) is 4.90 Å². The minimum atomic E-state index is -3.53. The van der Waals surface area contributed by atoms with E-state index in [9.17, 15) is 13.2 Å². The summed E-state index contributed by atoms with van der Waals surface area (Å²) in [5, 5.41) is 0. The standard InChI is InChI=1S/C16H24N2O3S/c1-17-22(20,21)15-11-7-8-13(12-15)16(19)18(2)14-9-5-3-4-6-10-14/h7-8,11-12,14,17H,3-6,9-10H2,1-2H3. The number of rotatable bonds is 4. The van der Waals surface area contributed by atoms with Crippen molar-refractivity contribution in [2.24, 2.45) is 0 Å². The van der Waals surface area contributed by atoms with Gasteiger partial charge in [0, 0.05) is 18.7 Å². The highest BCUT2D eigenvalue weighted by Gasteiger charge is 2.23. The van der Waals surface area contributed by atoms with Gasteiger partial charge >= 0.3 is 0 Å². The summed E-state index contributed by atoms with van der Waals surface area (Å²) in [5.74, 6) is -0.111. The molecule has 0 aromatic heterocycles. The zero-order valence-corrected chi connectivity index (χ0v) is 14.0. The molecule has 1 aliphatic rings. The highest BCUT2D eigenvalue weighted by atomic mass is 32.2. The maximum Gasteiger partial charge on any atom is 0.253 e. The van der Waals surface area contributed by atoms with Crippen molar-refractivity contribution in [2.45, 2.75) is 49.5 Å². The predicted molar refractivity (Wildman–Crippen MR) is 86.3 cm³/mol. The molecule has 22 heavy (non-hydrogen) atoms. The lowest BCUT2D eigenvalue weighted by molar-refractivity contribution is 0.0717. The van der Waals surface area contributed by atoms with Crippen LogP contribution in [-0.4, -0.2) is 39.4 Å². The van der Waals surface area contributed by atoms with Gasteiger partial charge in [0.2, 0.25) is 10.0 Å². The average Bonchev–Trinajstić information content (AvgIpc) is 2.83. The summed E-state index contributed by atoms with van der Waals surface area (Å²) in [5.41, 5.74) is 0.420. The van der Waals surface area contributed by atoms with Crippen molar-refractivity contribution < 1.29 is 13.2 Å². The molecule has 1 aliphatic carbocycles. The first-order valence-corrected chi connectivity index (χ1v) is 9.25. The molecule has 0 bridgehead atoms. The second kappa shape index (κ2) is 7.24. The summed E-state index contributed by atoms with van der Waals surface area (Å²) >= 11 is 0. The normalized spacial score (nSPS) is 17.0. The fraction of sp³-hybridized carbons (Fsp3) is 0.562. The Morgan fingerprint density at radius 3 is 2.41 bits per heavy atom. The molecule has 0 radical (unpaired) electrons. The van der Waals surface area contributed by atoms with Crippen LogP contribution in [0.15, 0.2) is 29.2 Å². The van der Waals surface area contributed by atoms with Crippen molar-refractivity contribution >= 4 is 15.9 Å². The molecule has 6 heteroatoms. The molecule has 1 N–H and O–H groups in total. The number of hydrogen-bond donors (Lipinski definition) is 1.